The lowest BCUT2D eigenvalue weighted by molar-refractivity contribution is 0.795. The van der Waals surface area contributed by atoms with Gasteiger partial charge in [0.15, 0.2) is 0 Å². The van der Waals surface area contributed by atoms with Crippen molar-refractivity contribution < 1.29 is 0 Å². The summed E-state index contributed by atoms with van der Waals surface area (Å²) in [7, 11) is 0. The molecule has 0 heterocycles. The van der Waals surface area contributed by atoms with Crippen molar-refractivity contribution in [2.45, 2.75) is 27.3 Å². The highest BCUT2D eigenvalue weighted by atomic mass is 79.9. The zero-order valence-corrected chi connectivity index (χ0v) is 10.0. The minimum Gasteiger partial charge on any atom is -0.303 e. The van der Waals surface area contributed by atoms with E-state index in [2.05, 4.69) is 54.2 Å². The molecule has 2 heteroatoms. The Balaban J connectivity index is 2.88. The fourth-order valence-corrected chi connectivity index (χ4v) is 1.59. The fourth-order valence-electron chi connectivity index (χ4n) is 1.39. The molecule has 0 saturated heterocycles. The maximum absolute atomic E-state index is 3.35. The fraction of sp³-hybridized carbons (Fsp3) is 0.455. The molecule has 1 N–H and O–H groups in total. The van der Waals surface area contributed by atoms with E-state index in [0.29, 0.717) is 0 Å². The van der Waals surface area contributed by atoms with Gasteiger partial charge in [-0.3, -0.25) is 0 Å². The molecule has 1 rings (SSSR count). The third-order valence-electron chi connectivity index (χ3n) is 2.36. The number of benzene rings is 1. The lowest BCUT2D eigenvalue weighted by Gasteiger charge is -2.09. The molecule has 0 amide bonds. The molecule has 0 bridgehead atoms. The largest absolute Gasteiger partial charge is 0.303 e. The standard InChI is InChI=1S/C11H16BrN/c1-8-4-10(3)11(5-9(8)2)6-13-7-12/h4-5,13H,6-7H2,1-3H3. The predicted octanol–water partition coefficient (Wildman–Crippen LogP) is 3.05. The smallest absolute Gasteiger partial charge is 0.0519 e. The second kappa shape index (κ2) is 4.77. The van der Waals surface area contributed by atoms with Gasteiger partial charge < -0.3 is 5.32 Å². The summed E-state index contributed by atoms with van der Waals surface area (Å²) >= 11 is 3.35. The van der Waals surface area contributed by atoms with E-state index in [9.17, 15) is 0 Å². The van der Waals surface area contributed by atoms with Crippen molar-refractivity contribution in [2.75, 3.05) is 5.45 Å². The van der Waals surface area contributed by atoms with Crippen molar-refractivity contribution in [3.05, 3.63) is 34.4 Å². The van der Waals surface area contributed by atoms with Crippen LogP contribution in [0.5, 0.6) is 0 Å². The van der Waals surface area contributed by atoms with Crippen LogP contribution in [-0.4, -0.2) is 5.45 Å². The summed E-state index contributed by atoms with van der Waals surface area (Å²) in [6.07, 6.45) is 0. The molecular formula is C11H16BrN. The lowest BCUT2D eigenvalue weighted by Crippen LogP contribution is -2.11. The summed E-state index contributed by atoms with van der Waals surface area (Å²) < 4.78 is 0. The van der Waals surface area contributed by atoms with Crippen LogP contribution in [0.25, 0.3) is 0 Å². The first kappa shape index (κ1) is 10.7. The molecule has 0 fully saturated rings. The molecule has 0 spiro atoms. The minimum atomic E-state index is 0.847. The third-order valence-corrected chi connectivity index (χ3v) is 2.76. The van der Waals surface area contributed by atoms with E-state index in [1.54, 1.807) is 0 Å². The molecule has 0 aromatic heterocycles. The van der Waals surface area contributed by atoms with Gasteiger partial charge in [-0.1, -0.05) is 28.1 Å². The van der Waals surface area contributed by atoms with Gasteiger partial charge in [-0.2, -0.15) is 0 Å². The van der Waals surface area contributed by atoms with E-state index in [0.717, 1.165) is 12.0 Å². The summed E-state index contributed by atoms with van der Waals surface area (Å²) in [6.45, 7) is 7.42. The molecular weight excluding hydrogens is 226 g/mol. The summed E-state index contributed by atoms with van der Waals surface area (Å²) in [4.78, 5) is 0. The second-order valence-corrected chi connectivity index (χ2v) is 3.98. The molecule has 13 heavy (non-hydrogen) atoms. The minimum absolute atomic E-state index is 0.847. The summed E-state index contributed by atoms with van der Waals surface area (Å²) in [5, 5.41) is 3.27. The van der Waals surface area contributed by atoms with Crippen LogP contribution in [0.3, 0.4) is 0 Å². The first-order chi connectivity index (χ1) is 6.15. The normalized spacial score (nSPS) is 10.5. The average molecular weight is 242 g/mol. The molecule has 0 saturated carbocycles. The van der Waals surface area contributed by atoms with Crippen molar-refractivity contribution in [1.29, 1.82) is 0 Å². The van der Waals surface area contributed by atoms with E-state index < -0.39 is 0 Å². The van der Waals surface area contributed by atoms with Crippen molar-refractivity contribution >= 4 is 15.9 Å². The van der Waals surface area contributed by atoms with Crippen molar-refractivity contribution in [3.8, 4) is 0 Å². The Morgan fingerprint density at radius 3 is 2.31 bits per heavy atom. The van der Waals surface area contributed by atoms with E-state index in [4.69, 9.17) is 0 Å². The van der Waals surface area contributed by atoms with Crippen LogP contribution >= 0.6 is 15.9 Å². The van der Waals surface area contributed by atoms with E-state index in [1.807, 2.05) is 0 Å². The Hall–Kier alpha value is -0.340. The van der Waals surface area contributed by atoms with Gasteiger partial charge in [-0.25, -0.2) is 0 Å². The number of aryl methyl sites for hydroxylation is 3. The number of hydrogen-bond acceptors (Lipinski definition) is 1. The van der Waals surface area contributed by atoms with Gasteiger partial charge in [0.1, 0.15) is 0 Å². The van der Waals surface area contributed by atoms with Gasteiger partial charge in [-0.15, -0.1) is 0 Å². The Kier molecular flexibility index (Phi) is 3.94. The summed E-state index contributed by atoms with van der Waals surface area (Å²) in [5.41, 5.74) is 6.36. The van der Waals surface area contributed by atoms with Gasteiger partial charge in [0.25, 0.3) is 0 Å². The van der Waals surface area contributed by atoms with Crippen LogP contribution in [0.2, 0.25) is 0 Å². The number of hydrogen-bond donors (Lipinski definition) is 1. The molecule has 1 nitrogen and oxygen atoms in total. The molecule has 0 aliphatic heterocycles. The van der Waals surface area contributed by atoms with Crippen LogP contribution in [0.4, 0.5) is 0 Å². The van der Waals surface area contributed by atoms with Crippen LogP contribution in [0, 0.1) is 20.8 Å². The van der Waals surface area contributed by atoms with E-state index in [1.165, 1.54) is 22.3 Å². The Labute approximate surface area is 88.7 Å². The topological polar surface area (TPSA) is 12.0 Å². The maximum Gasteiger partial charge on any atom is 0.0519 e. The molecule has 0 radical (unpaired) electrons. The highest BCUT2D eigenvalue weighted by molar-refractivity contribution is 9.09. The Bertz CT molecular complexity index is 294. The highest BCUT2D eigenvalue weighted by Gasteiger charge is 2.00. The summed E-state index contributed by atoms with van der Waals surface area (Å²) in [5.74, 6) is 0. The van der Waals surface area contributed by atoms with Gasteiger partial charge in [0.2, 0.25) is 0 Å². The zero-order chi connectivity index (χ0) is 9.84. The molecule has 0 aliphatic carbocycles. The van der Waals surface area contributed by atoms with E-state index >= 15 is 0 Å². The molecule has 0 atom stereocenters. The van der Waals surface area contributed by atoms with Crippen LogP contribution in [0.15, 0.2) is 12.1 Å². The Morgan fingerprint density at radius 1 is 1.08 bits per heavy atom. The van der Waals surface area contributed by atoms with Crippen LogP contribution < -0.4 is 5.32 Å². The van der Waals surface area contributed by atoms with Crippen molar-refractivity contribution in [1.82, 2.24) is 5.32 Å². The SMILES string of the molecule is Cc1cc(C)c(CNCBr)cc1C. The average Bonchev–Trinajstić information content (AvgIpc) is 2.09. The van der Waals surface area contributed by atoms with Gasteiger partial charge in [-0.05, 0) is 43.0 Å². The number of halogens is 1. The molecule has 0 unspecified atom stereocenters. The number of nitrogens with one attached hydrogen (secondary N) is 1. The van der Waals surface area contributed by atoms with Gasteiger partial charge in [0.05, 0.1) is 5.45 Å². The predicted molar refractivity (Wildman–Crippen MR) is 61.3 cm³/mol. The van der Waals surface area contributed by atoms with E-state index in [-0.39, 0.29) is 0 Å². The second-order valence-electron chi connectivity index (χ2n) is 3.42. The first-order valence-electron chi connectivity index (χ1n) is 4.48. The number of alkyl halides is 1. The summed E-state index contributed by atoms with van der Waals surface area (Å²) in [6, 6.07) is 4.51. The van der Waals surface area contributed by atoms with Crippen molar-refractivity contribution in [3.63, 3.8) is 0 Å². The third kappa shape index (κ3) is 2.82. The van der Waals surface area contributed by atoms with Crippen molar-refractivity contribution in [2.24, 2.45) is 0 Å². The molecule has 1 aromatic rings. The quantitative estimate of drug-likeness (QED) is 0.634. The zero-order valence-electron chi connectivity index (χ0n) is 8.45. The number of rotatable bonds is 3. The molecule has 1 aromatic carbocycles. The Morgan fingerprint density at radius 2 is 1.69 bits per heavy atom. The van der Waals surface area contributed by atoms with Crippen LogP contribution in [-0.2, 0) is 6.54 Å². The lowest BCUT2D eigenvalue weighted by atomic mass is 10.0. The van der Waals surface area contributed by atoms with Gasteiger partial charge >= 0.3 is 0 Å². The monoisotopic (exact) mass is 241 g/mol. The first-order valence-corrected chi connectivity index (χ1v) is 5.60. The maximum atomic E-state index is 3.35. The van der Waals surface area contributed by atoms with Gasteiger partial charge in [0, 0.05) is 6.54 Å². The highest BCUT2D eigenvalue weighted by Crippen LogP contribution is 2.14. The molecule has 72 valence electrons. The van der Waals surface area contributed by atoms with Crippen LogP contribution in [0.1, 0.15) is 22.3 Å². The molecule has 0 aliphatic rings.